The monoisotopic (exact) mass is 192 g/mol. The fraction of sp³-hybridized carbons (Fsp3) is 0.750. The molecule has 1 atom stereocenters. The summed E-state index contributed by atoms with van der Waals surface area (Å²) in [5, 5.41) is 0. The van der Waals surface area contributed by atoms with Crippen LogP contribution in [0.4, 0.5) is 0 Å². The summed E-state index contributed by atoms with van der Waals surface area (Å²) in [5.41, 5.74) is 0. The molecule has 0 heterocycles. The average Bonchev–Trinajstić information content (AvgIpc) is 1.85. The Balaban J connectivity index is 5.01. The van der Waals surface area contributed by atoms with Gasteiger partial charge in [0, 0.05) is 0 Å². The van der Waals surface area contributed by atoms with E-state index in [2.05, 4.69) is 6.58 Å². The van der Waals surface area contributed by atoms with Crippen LogP contribution < -0.4 is 0 Å². The Morgan fingerprint density at radius 3 is 2.08 bits per heavy atom. The summed E-state index contributed by atoms with van der Waals surface area (Å²) < 4.78 is 29.8. The van der Waals surface area contributed by atoms with Crippen LogP contribution in [0.1, 0.15) is 27.2 Å². The van der Waals surface area contributed by atoms with Crippen LogP contribution in [0.25, 0.3) is 0 Å². The van der Waals surface area contributed by atoms with Crippen LogP contribution in [0.2, 0.25) is 0 Å². The standard InChI is InChI=1S/C8H16O3S/c1-5-6-8(4,7(2)3)12(9,10)11/h5,7H,1,6H2,2-4H3,(H,9,10,11). The summed E-state index contributed by atoms with van der Waals surface area (Å²) in [5.74, 6) is -0.134. The lowest BCUT2D eigenvalue weighted by Gasteiger charge is -2.28. The molecule has 4 heteroatoms. The van der Waals surface area contributed by atoms with Crippen molar-refractivity contribution in [2.75, 3.05) is 0 Å². The van der Waals surface area contributed by atoms with Crippen molar-refractivity contribution in [3.05, 3.63) is 12.7 Å². The maximum absolute atomic E-state index is 11.0. The van der Waals surface area contributed by atoms with Crippen LogP contribution in [0.3, 0.4) is 0 Å². The van der Waals surface area contributed by atoms with Crippen molar-refractivity contribution in [3.63, 3.8) is 0 Å². The quantitative estimate of drug-likeness (QED) is 0.546. The van der Waals surface area contributed by atoms with Crippen molar-refractivity contribution >= 4 is 10.1 Å². The number of allylic oxidation sites excluding steroid dienone is 1. The minimum atomic E-state index is -4.00. The molecule has 0 fully saturated rings. The van der Waals surface area contributed by atoms with Crippen molar-refractivity contribution in [2.24, 2.45) is 5.92 Å². The zero-order valence-corrected chi connectivity index (χ0v) is 8.56. The summed E-state index contributed by atoms with van der Waals surface area (Å²) in [6.45, 7) is 8.51. The van der Waals surface area contributed by atoms with Crippen LogP contribution in [0, 0.1) is 5.92 Å². The molecule has 12 heavy (non-hydrogen) atoms. The predicted molar refractivity (Wildman–Crippen MR) is 49.6 cm³/mol. The molecule has 0 radical (unpaired) electrons. The Morgan fingerprint density at radius 2 is 2.00 bits per heavy atom. The van der Waals surface area contributed by atoms with Gasteiger partial charge in [-0.15, -0.1) is 6.58 Å². The molecule has 0 bridgehead atoms. The van der Waals surface area contributed by atoms with Crippen molar-refractivity contribution in [3.8, 4) is 0 Å². The molecule has 0 saturated carbocycles. The summed E-state index contributed by atoms with van der Waals surface area (Å²) in [4.78, 5) is 0. The fourth-order valence-electron chi connectivity index (χ4n) is 0.925. The van der Waals surface area contributed by atoms with E-state index < -0.39 is 14.9 Å². The summed E-state index contributed by atoms with van der Waals surface area (Å²) in [6, 6.07) is 0. The highest BCUT2D eigenvalue weighted by atomic mass is 32.2. The highest BCUT2D eigenvalue weighted by Gasteiger charge is 2.39. The van der Waals surface area contributed by atoms with E-state index in [4.69, 9.17) is 4.55 Å². The molecular weight excluding hydrogens is 176 g/mol. The molecule has 72 valence electrons. The minimum Gasteiger partial charge on any atom is -0.285 e. The van der Waals surface area contributed by atoms with E-state index in [1.54, 1.807) is 13.8 Å². The lowest BCUT2D eigenvalue weighted by molar-refractivity contribution is 0.376. The van der Waals surface area contributed by atoms with E-state index in [1.807, 2.05) is 0 Å². The highest BCUT2D eigenvalue weighted by Crippen LogP contribution is 2.29. The second kappa shape index (κ2) is 3.58. The molecule has 1 unspecified atom stereocenters. The molecule has 3 nitrogen and oxygen atoms in total. The molecule has 0 amide bonds. The zero-order valence-electron chi connectivity index (χ0n) is 7.74. The lowest BCUT2D eigenvalue weighted by Crippen LogP contribution is -2.39. The second-order valence-corrected chi connectivity index (χ2v) is 5.32. The topological polar surface area (TPSA) is 54.4 Å². The normalized spacial score (nSPS) is 17.4. The van der Waals surface area contributed by atoms with Gasteiger partial charge < -0.3 is 0 Å². The lowest BCUT2D eigenvalue weighted by atomic mass is 9.93. The van der Waals surface area contributed by atoms with Gasteiger partial charge in [0.1, 0.15) is 4.75 Å². The largest absolute Gasteiger partial charge is 0.285 e. The molecule has 0 spiro atoms. The Kier molecular flexibility index (Phi) is 3.47. The van der Waals surface area contributed by atoms with Crippen LogP contribution in [-0.4, -0.2) is 17.7 Å². The van der Waals surface area contributed by atoms with Gasteiger partial charge in [-0.1, -0.05) is 19.9 Å². The van der Waals surface area contributed by atoms with Gasteiger partial charge in [0.15, 0.2) is 0 Å². The first-order valence-corrected chi connectivity index (χ1v) is 5.27. The van der Waals surface area contributed by atoms with E-state index in [0.717, 1.165) is 0 Å². The fourth-order valence-corrected chi connectivity index (χ4v) is 1.85. The number of hydrogen-bond donors (Lipinski definition) is 1. The molecule has 0 rings (SSSR count). The third-order valence-corrected chi connectivity index (χ3v) is 4.18. The summed E-state index contributed by atoms with van der Waals surface area (Å²) in [7, 11) is -4.00. The molecule has 0 saturated heterocycles. The molecule has 0 aromatic carbocycles. The van der Waals surface area contributed by atoms with Gasteiger partial charge in [-0.05, 0) is 19.3 Å². The van der Waals surface area contributed by atoms with Crippen LogP contribution in [0.15, 0.2) is 12.7 Å². The smallest absolute Gasteiger partial charge is 0.270 e. The van der Waals surface area contributed by atoms with Crippen molar-refractivity contribution in [2.45, 2.75) is 31.9 Å². The second-order valence-electron chi connectivity index (χ2n) is 3.44. The first kappa shape index (κ1) is 11.6. The molecule has 0 aliphatic carbocycles. The summed E-state index contributed by atoms with van der Waals surface area (Å²) >= 11 is 0. The van der Waals surface area contributed by atoms with Gasteiger partial charge in [0.05, 0.1) is 0 Å². The van der Waals surface area contributed by atoms with Gasteiger partial charge in [0.25, 0.3) is 10.1 Å². The van der Waals surface area contributed by atoms with Crippen LogP contribution in [-0.2, 0) is 10.1 Å². The summed E-state index contributed by atoms with van der Waals surface area (Å²) in [6.07, 6.45) is 1.78. The van der Waals surface area contributed by atoms with Crippen molar-refractivity contribution in [1.82, 2.24) is 0 Å². The Hall–Kier alpha value is -0.350. The molecule has 0 aromatic rings. The third-order valence-electron chi connectivity index (χ3n) is 2.36. The van der Waals surface area contributed by atoms with Crippen LogP contribution >= 0.6 is 0 Å². The van der Waals surface area contributed by atoms with Crippen molar-refractivity contribution < 1.29 is 13.0 Å². The highest BCUT2D eigenvalue weighted by molar-refractivity contribution is 7.87. The van der Waals surface area contributed by atoms with Gasteiger partial charge in [-0.2, -0.15) is 8.42 Å². The maximum atomic E-state index is 11.0. The van der Waals surface area contributed by atoms with Gasteiger partial charge in [-0.3, -0.25) is 4.55 Å². The van der Waals surface area contributed by atoms with E-state index in [9.17, 15) is 8.42 Å². The van der Waals surface area contributed by atoms with E-state index >= 15 is 0 Å². The molecule has 0 aromatic heterocycles. The molecule has 0 aliphatic heterocycles. The predicted octanol–water partition coefficient (Wildman–Crippen LogP) is 1.87. The van der Waals surface area contributed by atoms with E-state index in [1.165, 1.54) is 13.0 Å². The van der Waals surface area contributed by atoms with Gasteiger partial charge in [-0.25, -0.2) is 0 Å². The third kappa shape index (κ3) is 2.08. The number of hydrogen-bond acceptors (Lipinski definition) is 2. The zero-order chi connectivity index (χ0) is 9.99. The molecule has 1 N–H and O–H groups in total. The Morgan fingerprint density at radius 1 is 1.58 bits per heavy atom. The van der Waals surface area contributed by atoms with Crippen molar-refractivity contribution in [1.29, 1.82) is 0 Å². The van der Waals surface area contributed by atoms with E-state index in [-0.39, 0.29) is 12.3 Å². The van der Waals surface area contributed by atoms with Crippen LogP contribution in [0.5, 0.6) is 0 Å². The number of rotatable bonds is 4. The van der Waals surface area contributed by atoms with Gasteiger partial charge >= 0.3 is 0 Å². The van der Waals surface area contributed by atoms with E-state index in [0.29, 0.717) is 0 Å². The first-order valence-electron chi connectivity index (χ1n) is 3.83. The average molecular weight is 192 g/mol. The molecule has 0 aliphatic rings. The molecular formula is C8H16O3S. The van der Waals surface area contributed by atoms with Gasteiger partial charge in [0.2, 0.25) is 0 Å². The maximum Gasteiger partial charge on any atom is 0.270 e. The SMILES string of the molecule is C=CCC(C)(C(C)C)S(=O)(=O)O. The minimum absolute atomic E-state index is 0.134. The first-order chi connectivity index (χ1) is 5.25. The Bertz CT molecular complexity index is 253. The Labute approximate surface area is 74.2 Å².